The minimum Gasteiger partial charge on any atom is -0.726 e. The SMILES string of the molecule is CC(C)=CCC[C@@H](COS(=O)(=O)[O-])[C@H]1CC[C@H]2[C@@H]3CC=C4C[C@H](O)[C@@H](OS(=O)(=O)[O-])C[C@]4(C)[C@H]3CC[C@]12C.[Na+].[Na+]. The third-order valence-electron chi connectivity index (χ3n) is 10.5. The maximum absolute atomic E-state index is 11.3. The van der Waals surface area contributed by atoms with Crippen molar-refractivity contribution in [2.24, 2.45) is 40.4 Å². The molecule has 0 unspecified atom stereocenters. The van der Waals surface area contributed by atoms with Crippen molar-refractivity contribution < 1.29 is 98.5 Å². The minimum atomic E-state index is -4.93. The van der Waals surface area contributed by atoms with E-state index in [0.29, 0.717) is 18.3 Å². The zero-order chi connectivity index (χ0) is 28.1. The van der Waals surface area contributed by atoms with Gasteiger partial charge in [-0.1, -0.05) is 37.1 Å². The molecule has 0 aliphatic heterocycles. The fourth-order valence-corrected chi connectivity index (χ4v) is 9.73. The summed E-state index contributed by atoms with van der Waals surface area (Å²) in [5.74, 6) is 1.21. The Morgan fingerprint density at radius 1 is 1.10 bits per heavy atom. The molecule has 0 aromatic carbocycles. The van der Waals surface area contributed by atoms with Crippen molar-refractivity contribution >= 4 is 20.8 Å². The molecule has 4 rings (SSSR count). The largest absolute Gasteiger partial charge is 1.00 e. The molecule has 0 heterocycles. The Kier molecular flexibility index (Phi) is 13.2. The van der Waals surface area contributed by atoms with Crippen molar-refractivity contribution in [2.75, 3.05) is 6.61 Å². The maximum Gasteiger partial charge on any atom is 1.00 e. The summed E-state index contributed by atoms with van der Waals surface area (Å²) in [6.45, 7) is 8.40. The van der Waals surface area contributed by atoms with E-state index in [-0.39, 0.29) is 101 Å². The second kappa shape index (κ2) is 14.1. The summed E-state index contributed by atoms with van der Waals surface area (Å²) in [5, 5.41) is 10.5. The standard InChI is InChI=1S/C27H44O9S2.2Na/c1-17(2)6-5-7-18(16-35-37(29,30)31)21-10-11-22-20-9-8-19-14-24(28)25(36-38(32,33)34)15-27(19,4)23(20)12-13-26(21,22)3;;/h6,8,18,20-25,28H,5,7,9-16H2,1-4H3,(H,29,30,31)(H,32,33,34);;/q;2*+1/p-2/t18-,20-,21+,22-,23-,24-,25-,26+,27-;;/m0../s1. The predicted octanol–water partition coefficient (Wildman–Crippen LogP) is -1.77. The molecule has 9 atom stereocenters. The van der Waals surface area contributed by atoms with Gasteiger partial charge in [0.05, 0.1) is 12.7 Å². The van der Waals surface area contributed by atoms with Crippen molar-refractivity contribution in [3.8, 4) is 0 Å². The molecule has 0 aromatic rings. The van der Waals surface area contributed by atoms with Gasteiger partial charge >= 0.3 is 59.1 Å². The number of hydrogen-bond acceptors (Lipinski definition) is 9. The molecule has 218 valence electrons. The smallest absolute Gasteiger partial charge is 0.726 e. The first kappa shape index (κ1) is 37.4. The molecule has 0 amide bonds. The number of rotatable bonds is 9. The van der Waals surface area contributed by atoms with Gasteiger partial charge < -0.3 is 14.2 Å². The van der Waals surface area contributed by atoms with Crippen LogP contribution in [0.15, 0.2) is 23.3 Å². The fourth-order valence-electron chi connectivity index (χ4n) is 8.89. The van der Waals surface area contributed by atoms with Crippen molar-refractivity contribution in [3.05, 3.63) is 23.3 Å². The van der Waals surface area contributed by atoms with Crippen LogP contribution in [-0.2, 0) is 29.2 Å². The molecule has 4 aliphatic rings. The van der Waals surface area contributed by atoms with Gasteiger partial charge in [0.15, 0.2) is 0 Å². The molecule has 3 saturated carbocycles. The van der Waals surface area contributed by atoms with Crippen LogP contribution in [0.3, 0.4) is 0 Å². The molecule has 13 heteroatoms. The second-order valence-electron chi connectivity index (χ2n) is 12.8. The first-order chi connectivity index (χ1) is 17.5. The second-order valence-corrected chi connectivity index (χ2v) is 14.9. The molecule has 0 bridgehead atoms. The van der Waals surface area contributed by atoms with Crippen molar-refractivity contribution in [3.63, 3.8) is 0 Å². The van der Waals surface area contributed by atoms with Gasteiger partial charge in [-0.3, -0.25) is 8.37 Å². The van der Waals surface area contributed by atoms with Gasteiger partial charge in [-0.25, -0.2) is 16.8 Å². The summed E-state index contributed by atoms with van der Waals surface area (Å²) >= 11 is 0. The van der Waals surface area contributed by atoms with Crippen LogP contribution in [0.4, 0.5) is 0 Å². The van der Waals surface area contributed by atoms with Crippen LogP contribution < -0.4 is 59.1 Å². The van der Waals surface area contributed by atoms with E-state index >= 15 is 0 Å². The van der Waals surface area contributed by atoms with E-state index in [4.69, 9.17) is 8.37 Å². The summed E-state index contributed by atoms with van der Waals surface area (Å²) in [7, 11) is -9.70. The van der Waals surface area contributed by atoms with Crippen LogP contribution in [-0.4, -0.2) is 49.9 Å². The Morgan fingerprint density at radius 3 is 2.38 bits per heavy atom. The molecule has 40 heavy (non-hydrogen) atoms. The molecular weight excluding hydrogens is 578 g/mol. The first-order valence-electron chi connectivity index (χ1n) is 13.8. The van der Waals surface area contributed by atoms with Gasteiger partial charge in [0.1, 0.15) is 6.10 Å². The van der Waals surface area contributed by atoms with Crippen molar-refractivity contribution in [2.45, 2.75) is 97.7 Å². The predicted molar refractivity (Wildman–Crippen MR) is 139 cm³/mol. The van der Waals surface area contributed by atoms with Crippen molar-refractivity contribution in [1.29, 1.82) is 0 Å². The van der Waals surface area contributed by atoms with Crippen LogP contribution >= 0.6 is 0 Å². The Morgan fingerprint density at radius 2 is 1.77 bits per heavy atom. The number of aliphatic hydroxyl groups excluding tert-OH is 1. The molecule has 3 fully saturated rings. The summed E-state index contributed by atoms with van der Waals surface area (Å²) in [6.07, 6.45) is 9.09. The average molecular weight is 621 g/mol. The molecular formula is C27H42Na2O9S2. The van der Waals surface area contributed by atoms with Gasteiger partial charge in [-0.05, 0) is 112 Å². The van der Waals surface area contributed by atoms with E-state index < -0.39 is 33.0 Å². The Balaban J connectivity index is 0.00000280. The number of hydrogen-bond donors (Lipinski definition) is 1. The zero-order valence-corrected chi connectivity index (χ0v) is 30.4. The third-order valence-corrected chi connectivity index (χ3v) is 11.4. The summed E-state index contributed by atoms with van der Waals surface area (Å²) in [4.78, 5) is 0. The quantitative estimate of drug-likeness (QED) is 0.137. The number of aliphatic hydroxyl groups is 1. The molecule has 0 radical (unpaired) electrons. The molecule has 9 nitrogen and oxygen atoms in total. The van der Waals surface area contributed by atoms with E-state index in [2.05, 4.69) is 26.0 Å². The first-order valence-corrected chi connectivity index (χ1v) is 16.5. The van der Waals surface area contributed by atoms with Crippen LogP contribution in [0.5, 0.6) is 0 Å². The van der Waals surface area contributed by atoms with E-state index in [0.717, 1.165) is 50.5 Å². The van der Waals surface area contributed by atoms with Gasteiger partial charge in [0.2, 0.25) is 20.8 Å². The van der Waals surface area contributed by atoms with Gasteiger partial charge in [0, 0.05) is 0 Å². The van der Waals surface area contributed by atoms with E-state index in [1.807, 2.05) is 13.8 Å². The number of fused-ring (bicyclic) bond motifs is 5. The Hall–Kier alpha value is 1.18. The third kappa shape index (κ3) is 8.25. The van der Waals surface area contributed by atoms with E-state index in [1.165, 1.54) is 5.57 Å². The van der Waals surface area contributed by atoms with E-state index in [1.54, 1.807) is 0 Å². The normalized spacial score (nSPS) is 37.9. The summed E-state index contributed by atoms with van der Waals surface area (Å²) in [6, 6.07) is 0. The Bertz CT molecular complexity index is 1170. The summed E-state index contributed by atoms with van der Waals surface area (Å²) < 4.78 is 77.5. The maximum atomic E-state index is 11.3. The van der Waals surface area contributed by atoms with Crippen LogP contribution in [0.1, 0.15) is 85.5 Å². The minimum absolute atomic E-state index is 0. The van der Waals surface area contributed by atoms with Crippen LogP contribution in [0.25, 0.3) is 0 Å². The topological polar surface area (TPSA) is 153 Å². The average Bonchev–Trinajstić information content (AvgIpc) is 3.12. The molecule has 0 aromatic heterocycles. The molecule has 1 N–H and O–H groups in total. The monoisotopic (exact) mass is 620 g/mol. The molecule has 0 spiro atoms. The number of allylic oxidation sites excluding steroid dienone is 3. The zero-order valence-electron chi connectivity index (χ0n) is 24.8. The molecule has 4 aliphatic carbocycles. The Labute approximate surface area is 284 Å². The van der Waals surface area contributed by atoms with Crippen LogP contribution in [0, 0.1) is 40.4 Å². The van der Waals surface area contributed by atoms with Crippen molar-refractivity contribution in [1.82, 2.24) is 0 Å². The summed E-state index contributed by atoms with van der Waals surface area (Å²) in [5.41, 5.74) is 1.93. The van der Waals surface area contributed by atoms with Gasteiger partial charge in [-0.15, -0.1) is 0 Å². The molecule has 0 saturated heterocycles. The van der Waals surface area contributed by atoms with Gasteiger partial charge in [0.25, 0.3) is 0 Å². The fraction of sp³-hybridized carbons (Fsp3) is 0.852. The van der Waals surface area contributed by atoms with Gasteiger partial charge in [-0.2, -0.15) is 0 Å². The van der Waals surface area contributed by atoms with E-state index in [9.17, 15) is 31.0 Å². The van der Waals surface area contributed by atoms with Crippen LogP contribution in [0.2, 0.25) is 0 Å².